The van der Waals surface area contributed by atoms with Crippen molar-refractivity contribution < 1.29 is 17.9 Å². The van der Waals surface area contributed by atoms with E-state index >= 15 is 0 Å². The van der Waals surface area contributed by atoms with Gasteiger partial charge in [-0.25, -0.2) is 13.1 Å². The number of rotatable bonds is 7. The van der Waals surface area contributed by atoms with Crippen LogP contribution < -0.4 is 4.72 Å². The molecule has 0 bridgehead atoms. The van der Waals surface area contributed by atoms with Crippen LogP contribution in [-0.2, 0) is 19.6 Å². The summed E-state index contributed by atoms with van der Waals surface area (Å²) in [6.45, 7) is 8.27. The number of carbonyl (C=O) groups is 1. The Labute approximate surface area is 110 Å². The SMILES string of the molecule is COC(=O)CC(C)(C)CC(C)(C)CNS(C)(=O)=O. The topological polar surface area (TPSA) is 72.5 Å². The van der Waals surface area contributed by atoms with E-state index in [4.69, 9.17) is 0 Å². The van der Waals surface area contributed by atoms with Gasteiger partial charge in [-0.05, 0) is 17.3 Å². The van der Waals surface area contributed by atoms with Crippen LogP contribution in [0.15, 0.2) is 0 Å². The highest BCUT2D eigenvalue weighted by Gasteiger charge is 2.31. The van der Waals surface area contributed by atoms with Gasteiger partial charge in [0.15, 0.2) is 0 Å². The van der Waals surface area contributed by atoms with Crippen molar-refractivity contribution in [2.24, 2.45) is 10.8 Å². The summed E-state index contributed by atoms with van der Waals surface area (Å²) in [5.74, 6) is -0.244. The van der Waals surface area contributed by atoms with Gasteiger partial charge in [0.1, 0.15) is 0 Å². The average molecular weight is 279 g/mol. The fourth-order valence-electron chi connectivity index (χ4n) is 2.21. The Bertz CT molecular complexity index is 385. The van der Waals surface area contributed by atoms with Crippen molar-refractivity contribution >= 4 is 16.0 Å². The number of methoxy groups -OCH3 is 1. The summed E-state index contributed by atoms with van der Waals surface area (Å²) in [6, 6.07) is 0. The zero-order chi connectivity index (χ0) is 14.6. The summed E-state index contributed by atoms with van der Waals surface area (Å²) in [7, 11) is -1.81. The fourth-order valence-corrected chi connectivity index (χ4v) is 2.86. The summed E-state index contributed by atoms with van der Waals surface area (Å²) >= 11 is 0. The summed E-state index contributed by atoms with van der Waals surface area (Å²) < 4.78 is 29.3. The van der Waals surface area contributed by atoms with Crippen molar-refractivity contribution in [2.75, 3.05) is 19.9 Å². The van der Waals surface area contributed by atoms with Gasteiger partial charge in [-0.15, -0.1) is 0 Å². The number of hydrogen-bond donors (Lipinski definition) is 1. The van der Waals surface area contributed by atoms with Gasteiger partial charge in [0.05, 0.1) is 19.8 Å². The van der Waals surface area contributed by atoms with E-state index in [1.54, 1.807) is 0 Å². The lowest BCUT2D eigenvalue weighted by atomic mass is 9.73. The van der Waals surface area contributed by atoms with Crippen molar-refractivity contribution in [2.45, 2.75) is 40.5 Å². The van der Waals surface area contributed by atoms with Crippen molar-refractivity contribution in [1.29, 1.82) is 0 Å². The van der Waals surface area contributed by atoms with E-state index in [1.807, 2.05) is 27.7 Å². The third-order valence-electron chi connectivity index (χ3n) is 2.62. The van der Waals surface area contributed by atoms with E-state index in [2.05, 4.69) is 9.46 Å². The Kier molecular flexibility index (Phi) is 5.81. The normalized spacial score (nSPS) is 13.4. The van der Waals surface area contributed by atoms with Crippen LogP contribution in [0.25, 0.3) is 0 Å². The molecule has 108 valence electrons. The Morgan fingerprint density at radius 2 is 1.67 bits per heavy atom. The van der Waals surface area contributed by atoms with Gasteiger partial charge in [0, 0.05) is 6.54 Å². The molecule has 0 amide bonds. The van der Waals surface area contributed by atoms with Crippen molar-refractivity contribution in [3.05, 3.63) is 0 Å². The summed E-state index contributed by atoms with van der Waals surface area (Å²) in [6.07, 6.45) is 2.19. The van der Waals surface area contributed by atoms with E-state index in [0.717, 1.165) is 12.7 Å². The van der Waals surface area contributed by atoms with Gasteiger partial charge in [0.2, 0.25) is 10.0 Å². The van der Waals surface area contributed by atoms with Gasteiger partial charge in [0.25, 0.3) is 0 Å². The van der Waals surface area contributed by atoms with Crippen molar-refractivity contribution in [3.8, 4) is 0 Å². The van der Waals surface area contributed by atoms with Crippen LogP contribution in [0.4, 0.5) is 0 Å². The molecule has 0 aliphatic heterocycles. The Morgan fingerprint density at radius 3 is 2.06 bits per heavy atom. The molecular formula is C12H25NO4S. The standard InChI is InChI=1S/C12H25NO4S/c1-11(2,7-10(14)17-5)8-12(3,4)9-13-18(6,15)16/h13H,7-9H2,1-6H3. The summed E-state index contributed by atoms with van der Waals surface area (Å²) in [5, 5.41) is 0. The Balaban J connectivity index is 4.50. The largest absolute Gasteiger partial charge is 0.469 e. The quantitative estimate of drug-likeness (QED) is 0.718. The molecule has 0 atom stereocenters. The second kappa shape index (κ2) is 6.02. The molecule has 0 fully saturated rings. The molecule has 0 radical (unpaired) electrons. The molecule has 0 saturated heterocycles. The number of sulfonamides is 1. The predicted octanol–water partition coefficient (Wildman–Crippen LogP) is 1.54. The third kappa shape index (κ3) is 8.47. The Hall–Kier alpha value is -0.620. The molecule has 0 aliphatic rings. The van der Waals surface area contributed by atoms with Gasteiger partial charge in [-0.2, -0.15) is 0 Å². The minimum Gasteiger partial charge on any atom is -0.469 e. The van der Waals surface area contributed by atoms with Gasteiger partial charge in [-0.3, -0.25) is 4.79 Å². The predicted molar refractivity (Wildman–Crippen MR) is 71.7 cm³/mol. The molecule has 0 saturated carbocycles. The van der Waals surface area contributed by atoms with Crippen LogP contribution in [0, 0.1) is 10.8 Å². The second-order valence-corrected chi connectivity index (χ2v) is 8.18. The molecule has 0 aromatic carbocycles. The molecule has 5 nitrogen and oxygen atoms in total. The number of hydrogen-bond acceptors (Lipinski definition) is 4. The molecule has 0 spiro atoms. The molecule has 0 heterocycles. The number of ether oxygens (including phenoxy) is 1. The van der Waals surface area contributed by atoms with Crippen molar-refractivity contribution in [3.63, 3.8) is 0 Å². The first-order chi connectivity index (χ1) is 7.87. The molecule has 0 aromatic rings. The maximum absolute atomic E-state index is 11.3. The number of nitrogens with one attached hydrogen (secondary N) is 1. The van der Waals surface area contributed by atoms with E-state index < -0.39 is 10.0 Å². The first kappa shape index (κ1) is 17.4. The molecule has 6 heteroatoms. The maximum Gasteiger partial charge on any atom is 0.306 e. The van der Waals surface area contributed by atoms with Crippen LogP contribution in [0.2, 0.25) is 0 Å². The minimum absolute atomic E-state index is 0.222. The van der Waals surface area contributed by atoms with Gasteiger partial charge < -0.3 is 4.74 Å². The van der Waals surface area contributed by atoms with E-state index in [0.29, 0.717) is 13.0 Å². The van der Waals surface area contributed by atoms with Crippen LogP contribution in [0.3, 0.4) is 0 Å². The lowest BCUT2D eigenvalue weighted by Crippen LogP contribution is -2.36. The second-order valence-electron chi connectivity index (χ2n) is 6.35. The minimum atomic E-state index is -3.18. The highest BCUT2D eigenvalue weighted by molar-refractivity contribution is 7.88. The molecule has 18 heavy (non-hydrogen) atoms. The van der Waals surface area contributed by atoms with Crippen LogP contribution in [0.1, 0.15) is 40.5 Å². The summed E-state index contributed by atoms with van der Waals surface area (Å²) in [4.78, 5) is 11.3. The average Bonchev–Trinajstić information content (AvgIpc) is 2.11. The fraction of sp³-hybridized carbons (Fsp3) is 0.917. The van der Waals surface area contributed by atoms with E-state index in [9.17, 15) is 13.2 Å². The van der Waals surface area contributed by atoms with Gasteiger partial charge in [-0.1, -0.05) is 27.7 Å². The maximum atomic E-state index is 11.3. The van der Waals surface area contributed by atoms with Crippen LogP contribution in [0.5, 0.6) is 0 Å². The van der Waals surface area contributed by atoms with Crippen LogP contribution >= 0.6 is 0 Å². The molecule has 1 N–H and O–H groups in total. The summed E-state index contributed by atoms with van der Waals surface area (Å²) in [5.41, 5.74) is -0.448. The third-order valence-corrected chi connectivity index (χ3v) is 3.29. The van der Waals surface area contributed by atoms with Gasteiger partial charge >= 0.3 is 5.97 Å². The lowest BCUT2D eigenvalue weighted by Gasteiger charge is -2.34. The first-order valence-electron chi connectivity index (χ1n) is 5.88. The Morgan fingerprint density at radius 1 is 1.17 bits per heavy atom. The highest BCUT2D eigenvalue weighted by atomic mass is 32.2. The number of carbonyl (C=O) groups excluding carboxylic acids is 1. The van der Waals surface area contributed by atoms with E-state index in [1.165, 1.54) is 7.11 Å². The first-order valence-corrected chi connectivity index (χ1v) is 7.77. The number of esters is 1. The molecule has 0 unspecified atom stereocenters. The van der Waals surface area contributed by atoms with Crippen molar-refractivity contribution in [1.82, 2.24) is 4.72 Å². The lowest BCUT2D eigenvalue weighted by molar-refractivity contribution is -0.143. The molecule has 0 aliphatic carbocycles. The van der Waals surface area contributed by atoms with Crippen LogP contribution in [-0.4, -0.2) is 34.3 Å². The van der Waals surface area contributed by atoms with E-state index in [-0.39, 0.29) is 16.8 Å². The monoisotopic (exact) mass is 279 g/mol. The zero-order valence-corrected chi connectivity index (χ0v) is 13.0. The molecule has 0 aromatic heterocycles. The smallest absolute Gasteiger partial charge is 0.306 e. The zero-order valence-electron chi connectivity index (χ0n) is 12.2. The highest BCUT2D eigenvalue weighted by Crippen LogP contribution is 2.36. The molecular weight excluding hydrogens is 254 g/mol. The molecule has 0 rings (SSSR count).